The molecule has 1 amide bonds. The predicted molar refractivity (Wildman–Crippen MR) is 95.6 cm³/mol. The molecule has 0 saturated carbocycles. The average Bonchev–Trinajstić information content (AvgIpc) is 2.93. The minimum Gasteiger partial charge on any atom is -0.388 e. The van der Waals surface area contributed by atoms with E-state index in [2.05, 4.69) is 23.7 Å². The fourth-order valence-electron chi connectivity index (χ4n) is 2.63. The van der Waals surface area contributed by atoms with Crippen LogP contribution in [-0.2, 0) is 11.2 Å². The van der Waals surface area contributed by atoms with Crippen LogP contribution < -0.4 is 5.32 Å². The summed E-state index contributed by atoms with van der Waals surface area (Å²) in [6.45, 7) is 3.96. The van der Waals surface area contributed by atoms with Crippen LogP contribution in [0.25, 0.3) is 0 Å². The van der Waals surface area contributed by atoms with Gasteiger partial charge in [0.15, 0.2) is 0 Å². The van der Waals surface area contributed by atoms with Crippen LogP contribution in [0, 0.1) is 12.7 Å². The molecule has 1 heterocycles. The highest BCUT2D eigenvalue weighted by molar-refractivity contribution is 7.10. The topological polar surface area (TPSA) is 49.3 Å². The van der Waals surface area contributed by atoms with E-state index in [1.54, 1.807) is 23.5 Å². The summed E-state index contributed by atoms with van der Waals surface area (Å²) in [5, 5.41) is 15.1. The number of hydrogen-bond acceptors (Lipinski definition) is 3. The van der Waals surface area contributed by atoms with Gasteiger partial charge in [0.1, 0.15) is 5.82 Å². The van der Waals surface area contributed by atoms with Gasteiger partial charge >= 0.3 is 0 Å². The molecule has 2 aromatic rings. The van der Waals surface area contributed by atoms with Gasteiger partial charge in [-0.2, -0.15) is 0 Å². The first kappa shape index (κ1) is 18.6. The third-order valence-electron chi connectivity index (χ3n) is 4.01. The molecule has 2 atom stereocenters. The van der Waals surface area contributed by atoms with Crippen molar-refractivity contribution in [3.63, 3.8) is 0 Å². The lowest BCUT2D eigenvalue weighted by Crippen LogP contribution is -2.33. The van der Waals surface area contributed by atoms with Crippen LogP contribution in [0.3, 0.4) is 0 Å². The standard InChI is InChI=1S/C19H24FNO2S/c1-13-10-11-24-18(13)4-3-5-19(23)21-14(2)12-17(22)15-6-8-16(20)9-7-15/h6-11,14,17,22H,3-5,12H2,1-2H3,(H,21,23). The lowest BCUT2D eigenvalue weighted by atomic mass is 10.0. The molecule has 0 spiro atoms. The van der Waals surface area contributed by atoms with Crippen molar-refractivity contribution >= 4 is 17.2 Å². The predicted octanol–water partition coefficient (Wildman–Crippen LogP) is 4.15. The third kappa shape index (κ3) is 5.73. The first-order valence-electron chi connectivity index (χ1n) is 8.21. The number of nitrogens with one attached hydrogen (secondary N) is 1. The van der Waals surface area contributed by atoms with Crippen LogP contribution in [0.15, 0.2) is 35.7 Å². The van der Waals surface area contributed by atoms with Crippen LogP contribution in [0.5, 0.6) is 0 Å². The molecule has 130 valence electrons. The summed E-state index contributed by atoms with van der Waals surface area (Å²) >= 11 is 1.73. The van der Waals surface area contributed by atoms with Gasteiger partial charge in [-0.1, -0.05) is 12.1 Å². The molecular weight excluding hydrogens is 325 g/mol. The first-order valence-corrected chi connectivity index (χ1v) is 9.09. The zero-order valence-electron chi connectivity index (χ0n) is 14.1. The van der Waals surface area contributed by atoms with Crippen molar-refractivity contribution < 1.29 is 14.3 Å². The molecule has 1 aromatic carbocycles. The summed E-state index contributed by atoms with van der Waals surface area (Å²) in [6, 6.07) is 7.75. The van der Waals surface area contributed by atoms with E-state index < -0.39 is 6.10 Å². The van der Waals surface area contributed by atoms with Crippen LogP contribution in [0.2, 0.25) is 0 Å². The van der Waals surface area contributed by atoms with Crippen molar-refractivity contribution in [3.05, 3.63) is 57.5 Å². The van der Waals surface area contributed by atoms with Crippen LogP contribution >= 0.6 is 11.3 Å². The highest BCUT2D eigenvalue weighted by Gasteiger charge is 2.14. The van der Waals surface area contributed by atoms with Crippen molar-refractivity contribution in [1.82, 2.24) is 5.32 Å². The summed E-state index contributed by atoms with van der Waals surface area (Å²) in [5.74, 6) is -0.323. The van der Waals surface area contributed by atoms with Crippen LogP contribution in [-0.4, -0.2) is 17.1 Å². The summed E-state index contributed by atoms with van der Waals surface area (Å²) in [4.78, 5) is 13.3. The smallest absolute Gasteiger partial charge is 0.220 e. The monoisotopic (exact) mass is 349 g/mol. The van der Waals surface area contributed by atoms with Crippen molar-refractivity contribution in [2.24, 2.45) is 0 Å². The van der Waals surface area contributed by atoms with E-state index in [4.69, 9.17) is 0 Å². The molecule has 24 heavy (non-hydrogen) atoms. The minimum absolute atomic E-state index is 0.00279. The number of halogens is 1. The van der Waals surface area contributed by atoms with Gasteiger partial charge in [0.05, 0.1) is 6.10 Å². The van der Waals surface area contributed by atoms with E-state index in [0.717, 1.165) is 12.8 Å². The molecule has 1 aromatic heterocycles. The van der Waals surface area contributed by atoms with Gasteiger partial charge in [-0.25, -0.2) is 4.39 Å². The van der Waals surface area contributed by atoms with Gasteiger partial charge < -0.3 is 10.4 Å². The van der Waals surface area contributed by atoms with E-state index in [1.807, 2.05) is 6.92 Å². The molecule has 0 aliphatic rings. The molecule has 2 unspecified atom stereocenters. The number of carbonyl (C=O) groups is 1. The van der Waals surface area contributed by atoms with Crippen molar-refractivity contribution in [2.75, 3.05) is 0 Å². The van der Waals surface area contributed by atoms with E-state index in [1.165, 1.54) is 22.6 Å². The first-order chi connectivity index (χ1) is 11.5. The number of amides is 1. The molecule has 0 aliphatic carbocycles. The van der Waals surface area contributed by atoms with Gasteiger partial charge in [0.2, 0.25) is 5.91 Å². The SMILES string of the molecule is Cc1ccsc1CCCC(=O)NC(C)CC(O)c1ccc(F)cc1. The molecule has 0 aliphatic heterocycles. The maximum atomic E-state index is 12.9. The number of aryl methyl sites for hydroxylation is 2. The number of thiophene rings is 1. The number of aliphatic hydroxyl groups excluding tert-OH is 1. The molecule has 2 rings (SSSR count). The molecule has 0 saturated heterocycles. The normalized spacial score (nSPS) is 13.5. The van der Waals surface area contributed by atoms with Crippen molar-refractivity contribution in [2.45, 2.75) is 51.7 Å². The molecule has 5 heteroatoms. The molecular formula is C19H24FNO2S. The fraction of sp³-hybridized carbons (Fsp3) is 0.421. The highest BCUT2D eigenvalue weighted by atomic mass is 32.1. The number of rotatable bonds is 8. The third-order valence-corrected chi connectivity index (χ3v) is 5.10. The molecule has 0 fully saturated rings. The fourth-order valence-corrected chi connectivity index (χ4v) is 3.58. The molecule has 0 bridgehead atoms. The highest BCUT2D eigenvalue weighted by Crippen LogP contribution is 2.19. The van der Waals surface area contributed by atoms with Crippen LogP contribution in [0.4, 0.5) is 4.39 Å². The Labute approximate surface area is 146 Å². The van der Waals surface area contributed by atoms with E-state index in [0.29, 0.717) is 18.4 Å². The largest absolute Gasteiger partial charge is 0.388 e. The number of aliphatic hydroxyl groups is 1. The lowest BCUT2D eigenvalue weighted by Gasteiger charge is -2.18. The summed E-state index contributed by atoms with van der Waals surface area (Å²) in [5.41, 5.74) is 1.95. The Morgan fingerprint density at radius 1 is 1.29 bits per heavy atom. The van der Waals surface area contributed by atoms with E-state index in [9.17, 15) is 14.3 Å². The Balaban J connectivity index is 1.71. The summed E-state index contributed by atoms with van der Waals surface area (Å²) < 4.78 is 12.9. The van der Waals surface area contributed by atoms with Gasteiger partial charge in [0.25, 0.3) is 0 Å². The number of carbonyl (C=O) groups excluding carboxylic acids is 1. The second-order valence-electron chi connectivity index (χ2n) is 6.15. The van der Waals surface area contributed by atoms with E-state index in [-0.39, 0.29) is 17.8 Å². The average molecular weight is 349 g/mol. The minimum atomic E-state index is -0.713. The Hall–Kier alpha value is -1.72. The molecule has 0 radical (unpaired) electrons. The van der Waals surface area contributed by atoms with E-state index >= 15 is 0 Å². The second kappa shape index (κ2) is 8.94. The zero-order valence-corrected chi connectivity index (χ0v) is 14.9. The van der Waals surface area contributed by atoms with Gasteiger partial charge in [-0.3, -0.25) is 4.79 Å². The molecule has 2 N–H and O–H groups in total. The molecule has 3 nitrogen and oxygen atoms in total. The van der Waals surface area contributed by atoms with Crippen molar-refractivity contribution in [3.8, 4) is 0 Å². The van der Waals surface area contributed by atoms with Gasteiger partial charge in [0, 0.05) is 17.3 Å². The van der Waals surface area contributed by atoms with Crippen LogP contribution in [0.1, 0.15) is 48.3 Å². The van der Waals surface area contributed by atoms with Gasteiger partial charge in [-0.05, 0) is 67.8 Å². The summed E-state index contributed by atoms with van der Waals surface area (Å²) in [6.07, 6.45) is 1.91. The lowest BCUT2D eigenvalue weighted by molar-refractivity contribution is -0.121. The zero-order chi connectivity index (χ0) is 17.5. The Bertz CT molecular complexity index is 654. The number of hydrogen-bond donors (Lipinski definition) is 2. The number of benzene rings is 1. The maximum absolute atomic E-state index is 12.9. The summed E-state index contributed by atoms with van der Waals surface area (Å²) in [7, 11) is 0. The Morgan fingerprint density at radius 3 is 2.62 bits per heavy atom. The van der Waals surface area contributed by atoms with Crippen molar-refractivity contribution in [1.29, 1.82) is 0 Å². The Morgan fingerprint density at radius 2 is 2.00 bits per heavy atom. The Kier molecular flexibility index (Phi) is 6.94. The van der Waals surface area contributed by atoms with Gasteiger partial charge in [-0.15, -0.1) is 11.3 Å². The second-order valence-corrected chi connectivity index (χ2v) is 7.15. The maximum Gasteiger partial charge on any atom is 0.220 e. The quantitative estimate of drug-likeness (QED) is 0.752.